The number of nitrogens with one attached hydrogen (secondary N) is 2. The van der Waals surface area contributed by atoms with Crippen molar-refractivity contribution < 1.29 is 9.18 Å². The van der Waals surface area contributed by atoms with Crippen molar-refractivity contribution in [1.82, 2.24) is 0 Å². The number of carbonyl (C=O) groups excluding carboxylic acids is 1. The van der Waals surface area contributed by atoms with Crippen LogP contribution in [0.5, 0.6) is 0 Å². The second-order valence-corrected chi connectivity index (χ2v) is 5.67. The molecule has 2 aromatic rings. The molecule has 1 atom stereocenters. The summed E-state index contributed by atoms with van der Waals surface area (Å²) in [7, 11) is 0. The lowest BCUT2D eigenvalue weighted by Crippen LogP contribution is -2.20. The van der Waals surface area contributed by atoms with E-state index in [2.05, 4.69) is 26.6 Å². The maximum absolute atomic E-state index is 13.2. The fourth-order valence-electron chi connectivity index (χ4n) is 2.28. The van der Waals surface area contributed by atoms with E-state index in [0.717, 1.165) is 21.3 Å². The third kappa shape index (κ3) is 2.29. The molecule has 2 N–H and O–H groups in total. The zero-order valence-electron chi connectivity index (χ0n) is 10.7. The number of amides is 1. The lowest BCUT2D eigenvalue weighted by atomic mass is 10.1. The first-order chi connectivity index (χ1) is 9.54. The first-order valence-corrected chi connectivity index (χ1v) is 6.97. The van der Waals surface area contributed by atoms with Crippen LogP contribution in [0.25, 0.3) is 0 Å². The van der Waals surface area contributed by atoms with Gasteiger partial charge in [-0.3, -0.25) is 4.79 Å². The van der Waals surface area contributed by atoms with E-state index in [1.165, 1.54) is 12.1 Å². The number of rotatable bonds is 2. The van der Waals surface area contributed by atoms with Gasteiger partial charge in [0.15, 0.2) is 0 Å². The van der Waals surface area contributed by atoms with Crippen LogP contribution in [0.3, 0.4) is 0 Å². The summed E-state index contributed by atoms with van der Waals surface area (Å²) in [6.45, 7) is 1.97. The molecular formula is C15H12BrFN2O. The maximum Gasteiger partial charge on any atom is 0.251 e. The highest BCUT2D eigenvalue weighted by molar-refractivity contribution is 9.10. The van der Waals surface area contributed by atoms with Gasteiger partial charge in [-0.25, -0.2) is 4.39 Å². The predicted octanol–water partition coefficient (Wildman–Crippen LogP) is 4.00. The van der Waals surface area contributed by atoms with Crippen LogP contribution in [0.1, 0.15) is 17.2 Å². The Morgan fingerprint density at radius 1 is 1.25 bits per heavy atom. The van der Waals surface area contributed by atoms with Gasteiger partial charge < -0.3 is 10.6 Å². The molecule has 0 aliphatic carbocycles. The van der Waals surface area contributed by atoms with Crippen LogP contribution in [0.15, 0.2) is 40.9 Å². The molecule has 0 fully saturated rings. The molecule has 0 saturated carbocycles. The molecule has 20 heavy (non-hydrogen) atoms. The summed E-state index contributed by atoms with van der Waals surface area (Å²) in [5.74, 6) is -0.534. The molecule has 3 nitrogen and oxygen atoms in total. The topological polar surface area (TPSA) is 41.1 Å². The number of halogens is 2. The SMILES string of the molecule is Cc1ccc(Br)cc1NC1C(=O)Nc2cc(F)ccc21. The van der Waals surface area contributed by atoms with Crippen LogP contribution < -0.4 is 10.6 Å². The van der Waals surface area contributed by atoms with Crippen molar-refractivity contribution in [2.24, 2.45) is 0 Å². The van der Waals surface area contributed by atoms with Gasteiger partial charge in [-0.15, -0.1) is 0 Å². The monoisotopic (exact) mass is 334 g/mol. The highest BCUT2D eigenvalue weighted by atomic mass is 79.9. The highest BCUT2D eigenvalue weighted by Crippen LogP contribution is 2.34. The highest BCUT2D eigenvalue weighted by Gasteiger charge is 2.30. The number of carbonyl (C=O) groups is 1. The van der Waals surface area contributed by atoms with Gasteiger partial charge >= 0.3 is 0 Å². The Hall–Kier alpha value is -1.88. The molecule has 3 rings (SSSR count). The zero-order valence-corrected chi connectivity index (χ0v) is 12.3. The normalized spacial score (nSPS) is 16.8. The number of hydrogen-bond acceptors (Lipinski definition) is 2. The van der Waals surface area contributed by atoms with Gasteiger partial charge in [-0.1, -0.05) is 28.1 Å². The van der Waals surface area contributed by atoms with Gasteiger partial charge in [-0.2, -0.15) is 0 Å². The number of aryl methyl sites for hydroxylation is 1. The quantitative estimate of drug-likeness (QED) is 0.871. The molecule has 1 aliphatic heterocycles. The lowest BCUT2D eigenvalue weighted by Gasteiger charge is -2.15. The zero-order chi connectivity index (χ0) is 14.3. The molecule has 0 bridgehead atoms. The van der Waals surface area contributed by atoms with Gasteiger partial charge in [0.1, 0.15) is 11.9 Å². The van der Waals surface area contributed by atoms with Gasteiger partial charge in [0, 0.05) is 21.4 Å². The summed E-state index contributed by atoms with van der Waals surface area (Å²) < 4.78 is 14.1. The van der Waals surface area contributed by atoms with E-state index in [-0.39, 0.29) is 11.7 Å². The number of benzene rings is 2. The largest absolute Gasteiger partial charge is 0.370 e. The summed E-state index contributed by atoms with van der Waals surface area (Å²) in [5.41, 5.74) is 3.20. The van der Waals surface area contributed by atoms with E-state index in [1.807, 2.05) is 25.1 Å². The van der Waals surface area contributed by atoms with Gasteiger partial charge in [0.05, 0.1) is 0 Å². The summed E-state index contributed by atoms with van der Waals surface area (Å²) >= 11 is 3.41. The van der Waals surface area contributed by atoms with Crippen LogP contribution in [0, 0.1) is 12.7 Å². The Morgan fingerprint density at radius 2 is 2.05 bits per heavy atom. The summed E-state index contributed by atoms with van der Waals surface area (Å²) in [4.78, 5) is 12.0. The number of fused-ring (bicyclic) bond motifs is 1. The predicted molar refractivity (Wildman–Crippen MR) is 80.3 cm³/mol. The van der Waals surface area contributed by atoms with Gasteiger partial charge in [-0.05, 0) is 36.8 Å². The minimum Gasteiger partial charge on any atom is -0.370 e. The molecule has 0 radical (unpaired) electrons. The fourth-order valence-corrected chi connectivity index (χ4v) is 2.64. The van der Waals surface area contributed by atoms with E-state index in [9.17, 15) is 9.18 Å². The van der Waals surface area contributed by atoms with Crippen molar-refractivity contribution in [2.45, 2.75) is 13.0 Å². The van der Waals surface area contributed by atoms with E-state index < -0.39 is 6.04 Å². The first-order valence-electron chi connectivity index (χ1n) is 6.17. The third-order valence-corrected chi connectivity index (χ3v) is 3.84. The average Bonchev–Trinajstić information content (AvgIpc) is 2.69. The summed E-state index contributed by atoms with van der Waals surface area (Å²) in [6, 6.07) is 9.66. The summed E-state index contributed by atoms with van der Waals surface area (Å²) in [6.07, 6.45) is 0. The van der Waals surface area contributed by atoms with E-state index in [4.69, 9.17) is 0 Å². The molecule has 2 aromatic carbocycles. The Labute approximate surface area is 124 Å². The molecule has 5 heteroatoms. The fraction of sp³-hybridized carbons (Fsp3) is 0.133. The molecule has 1 heterocycles. The average molecular weight is 335 g/mol. The van der Waals surface area contributed by atoms with Crippen LogP contribution in [-0.2, 0) is 4.79 Å². The van der Waals surface area contributed by atoms with Crippen LogP contribution in [0.4, 0.5) is 15.8 Å². The number of hydrogen-bond donors (Lipinski definition) is 2. The van der Waals surface area contributed by atoms with Crippen molar-refractivity contribution in [3.8, 4) is 0 Å². The second kappa shape index (κ2) is 4.90. The van der Waals surface area contributed by atoms with Gasteiger partial charge in [0.25, 0.3) is 5.91 Å². The van der Waals surface area contributed by atoms with Gasteiger partial charge in [0.2, 0.25) is 0 Å². The standard InChI is InChI=1S/C15H12BrFN2O/c1-8-2-3-9(16)6-12(8)18-14-11-5-4-10(17)7-13(11)19-15(14)20/h2-7,14,18H,1H3,(H,19,20). The minimum absolute atomic E-state index is 0.176. The number of anilines is 2. The summed E-state index contributed by atoms with van der Waals surface area (Å²) in [5, 5.41) is 5.90. The Morgan fingerprint density at radius 3 is 2.85 bits per heavy atom. The maximum atomic E-state index is 13.2. The second-order valence-electron chi connectivity index (χ2n) is 4.76. The van der Waals surface area contributed by atoms with Crippen molar-refractivity contribution in [3.05, 3.63) is 57.8 Å². The molecule has 0 aromatic heterocycles. The minimum atomic E-state index is -0.501. The molecular weight excluding hydrogens is 323 g/mol. The Kier molecular flexibility index (Phi) is 3.22. The molecule has 1 amide bonds. The van der Waals surface area contributed by atoms with Crippen LogP contribution in [0.2, 0.25) is 0 Å². The molecule has 102 valence electrons. The van der Waals surface area contributed by atoms with Crippen LogP contribution in [-0.4, -0.2) is 5.91 Å². The third-order valence-electron chi connectivity index (χ3n) is 3.35. The molecule has 0 spiro atoms. The van der Waals surface area contributed by atoms with Crippen molar-refractivity contribution in [2.75, 3.05) is 10.6 Å². The molecule has 1 unspecified atom stereocenters. The van der Waals surface area contributed by atoms with Crippen molar-refractivity contribution in [1.29, 1.82) is 0 Å². The van der Waals surface area contributed by atoms with Crippen molar-refractivity contribution in [3.63, 3.8) is 0 Å². The molecule has 0 saturated heterocycles. The lowest BCUT2D eigenvalue weighted by molar-refractivity contribution is -0.116. The Balaban J connectivity index is 1.96. The molecule has 1 aliphatic rings. The smallest absolute Gasteiger partial charge is 0.251 e. The van der Waals surface area contributed by atoms with Crippen molar-refractivity contribution >= 4 is 33.2 Å². The van der Waals surface area contributed by atoms with E-state index in [0.29, 0.717) is 5.69 Å². The first kappa shape index (κ1) is 13.1. The van der Waals surface area contributed by atoms with E-state index in [1.54, 1.807) is 6.07 Å². The van der Waals surface area contributed by atoms with E-state index >= 15 is 0 Å². The van der Waals surface area contributed by atoms with Crippen LogP contribution >= 0.6 is 15.9 Å². The Bertz CT molecular complexity index is 702.